The van der Waals surface area contributed by atoms with Crippen molar-refractivity contribution >= 4 is 46.5 Å². The minimum atomic E-state index is -0.356. The Balaban J connectivity index is 1.62. The zero-order valence-electron chi connectivity index (χ0n) is 14.0. The van der Waals surface area contributed by atoms with Crippen LogP contribution < -0.4 is 10.6 Å². The Hall–Kier alpha value is -2.52. The van der Waals surface area contributed by atoms with Crippen molar-refractivity contribution in [3.05, 3.63) is 40.0 Å². The highest BCUT2D eigenvalue weighted by molar-refractivity contribution is 7.14. The molecule has 3 heterocycles. The molecule has 2 amide bonds. The fourth-order valence-electron chi connectivity index (χ4n) is 2.54. The maximum atomic E-state index is 12.7. The first kappa shape index (κ1) is 18.3. The maximum Gasteiger partial charge on any atom is 0.282 e. The van der Waals surface area contributed by atoms with Crippen LogP contribution in [0.5, 0.6) is 0 Å². The van der Waals surface area contributed by atoms with Crippen molar-refractivity contribution in [2.45, 2.75) is 19.4 Å². The van der Waals surface area contributed by atoms with Gasteiger partial charge in [-0.1, -0.05) is 18.2 Å². The van der Waals surface area contributed by atoms with E-state index >= 15 is 0 Å². The second-order valence-electron chi connectivity index (χ2n) is 5.72. The molecule has 8 nitrogen and oxygen atoms in total. The number of carbonyl (C=O) groups excluding carboxylic acids is 2. The van der Waals surface area contributed by atoms with Crippen LogP contribution in [0.25, 0.3) is 0 Å². The van der Waals surface area contributed by atoms with Crippen LogP contribution in [0.1, 0.15) is 21.1 Å². The Kier molecular flexibility index (Phi) is 5.48. The zero-order valence-corrected chi connectivity index (χ0v) is 15.6. The molecule has 0 spiro atoms. The van der Waals surface area contributed by atoms with Crippen LogP contribution in [0.15, 0.2) is 25.0 Å². The molecule has 1 aliphatic rings. The number of nitrogens with one attached hydrogen (secondary N) is 2. The Bertz CT molecular complexity index is 838. The van der Waals surface area contributed by atoms with Crippen molar-refractivity contribution in [3.8, 4) is 0 Å². The normalized spacial score (nSPS) is 16.4. The van der Waals surface area contributed by atoms with Crippen LogP contribution in [0.3, 0.4) is 0 Å². The average Bonchev–Trinajstić information content (AvgIpc) is 3.23. The van der Waals surface area contributed by atoms with Gasteiger partial charge in [-0.15, -0.1) is 11.3 Å². The first-order chi connectivity index (χ1) is 12.5. The monoisotopic (exact) mass is 392 g/mol. The van der Waals surface area contributed by atoms with E-state index in [4.69, 9.17) is 11.6 Å². The number of hydrogen-bond acceptors (Lipinski definition) is 7. The van der Waals surface area contributed by atoms with Gasteiger partial charge in [0.1, 0.15) is 5.82 Å². The molecule has 0 bridgehead atoms. The topological polar surface area (TPSA) is 100 Å². The van der Waals surface area contributed by atoms with Crippen molar-refractivity contribution in [1.82, 2.24) is 19.9 Å². The Morgan fingerprint density at radius 1 is 1.42 bits per heavy atom. The summed E-state index contributed by atoms with van der Waals surface area (Å²) in [5.41, 5.74) is 0. The van der Waals surface area contributed by atoms with Crippen LogP contribution in [-0.2, 0) is 4.79 Å². The number of aryl methyl sites for hydroxylation is 1. The fraction of sp³-hybridized carbons (Fsp3) is 0.312. The number of thiazole rings is 1. The molecule has 2 aromatic rings. The Morgan fingerprint density at radius 2 is 2.15 bits per heavy atom. The molecule has 0 aromatic carbocycles. The number of anilines is 2. The van der Waals surface area contributed by atoms with Crippen molar-refractivity contribution in [3.63, 3.8) is 0 Å². The molecule has 2 N–H and O–H groups in total. The summed E-state index contributed by atoms with van der Waals surface area (Å²) in [6, 6.07) is 0.0566. The molecule has 0 unspecified atom stereocenters. The minimum Gasteiger partial charge on any atom is -0.350 e. The molecule has 1 aliphatic heterocycles. The van der Waals surface area contributed by atoms with Gasteiger partial charge in [0.25, 0.3) is 5.91 Å². The van der Waals surface area contributed by atoms with E-state index < -0.39 is 0 Å². The van der Waals surface area contributed by atoms with Gasteiger partial charge in [0.2, 0.25) is 11.9 Å². The highest BCUT2D eigenvalue weighted by atomic mass is 35.5. The van der Waals surface area contributed by atoms with Crippen LogP contribution in [-0.4, -0.2) is 50.8 Å². The number of halogens is 1. The lowest BCUT2D eigenvalue weighted by Crippen LogP contribution is -2.31. The third kappa shape index (κ3) is 4.17. The number of likely N-dealkylation sites (tertiary alicyclic amines) is 1. The van der Waals surface area contributed by atoms with Gasteiger partial charge in [0.15, 0.2) is 5.01 Å². The molecule has 3 rings (SSSR count). The molecule has 0 radical (unpaired) electrons. The van der Waals surface area contributed by atoms with E-state index in [1.165, 1.54) is 23.7 Å². The molecule has 136 valence electrons. The molecule has 2 aromatic heterocycles. The summed E-state index contributed by atoms with van der Waals surface area (Å²) in [6.07, 6.45) is 4.98. The largest absolute Gasteiger partial charge is 0.350 e. The van der Waals surface area contributed by atoms with Crippen LogP contribution in [0.4, 0.5) is 11.8 Å². The van der Waals surface area contributed by atoms with Crippen molar-refractivity contribution < 1.29 is 9.59 Å². The third-order valence-corrected chi connectivity index (χ3v) is 4.99. The molecular formula is C16H17ClN6O2S. The zero-order chi connectivity index (χ0) is 18.7. The average molecular weight is 393 g/mol. The summed E-state index contributed by atoms with van der Waals surface area (Å²) in [4.78, 5) is 39.0. The molecular weight excluding hydrogens is 376 g/mol. The van der Waals surface area contributed by atoms with E-state index in [1.807, 2.05) is 0 Å². The van der Waals surface area contributed by atoms with Gasteiger partial charge in [-0.25, -0.2) is 15.0 Å². The van der Waals surface area contributed by atoms with E-state index in [9.17, 15) is 9.59 Å². The van der Waals surface area contributed by atoms with E-state index in [0.29, 0.717) is 34.9 Å². The first-order valence-corrected chi connectivity index (χ1v) is 9.10. The lowest BCUT2D eigenvalue weighted by molar-refractivity contribution is -0.111. The predicted molar refractivity (Wildman–Crippen MR) is 101 cm³/mol. The van der Waals surface area contributed by atoms with Gasteiger partial charge < -0.3 is 15.5 Å². The maximum absolute atomic E-state index is 12.7. The number of rotatable bonds is 5. The lowest BCUT2D eigenvalue weighted by atomic mass is 10.3. The quantitative estimate of drug-likeness (QED) is 0.757. The third-order valence-electron chi connectivity index (χ3n) is 3.84. The van der Waals surface area contributed by atoms with Gasteiger partial charge in [-0.05, 0) is 19.4 Å². The summed E-state index contributed by atoms with van der Waals surface area (Å²) in [7, 11) is 0. The lowest BCUT2D eigenvalue weighted by Gasteiger charge is -2.15. The summed E-state index contributed by atoms with van der Waals surface area (Å²) >= 11 is 7.03. The van der Waals surface area contributed by atoms with Gasteiger partial charge in [0, 0.05) is 24.0 Å². The van der Waals surface area contributed by atoms with Crippen molar-refractivity contribution in [2.24, 2.45) is 0 Å². The highest BCUT2D eigenvalue weighted by Gasteiger charge is 2.29. The molecule has 26 heavy (non-hydrogen) atoms. The second-order valence-corrected chi connectivity index (χ2v) is 7.36. The van der Waals surface area contributed by atoms with E-state index in [2.05, 4.69) is 32.2 Å². The second kappa shape index (κ2) is 7.79. The fourth-order valence-corrected chi connectivity index (χ4v) is 3.47. The molecule has 0 aliphatic carbocycles. The first-order valence-electron chi connectivity index (χ1n) is 7.90. The van der Waals surface area contributed by atoms with Crippen LogP contribution in [0, 0.1) is 6.92 Å². The van der Waals surface area contributed by atoms with E-state index in [1.54, 1.807) is 11.8 Å². The minimum absolute atomic E-state index is 0.0566. The van der Waals surface area contributed by atoms with Crippen molar-refractivity contribution in [1.29, 1.82) is 0 Å². The summed E-state index contributed by atoms with van der Waals surface area (Å²) in [5.74, 6) is 0.365. The van der Waals surface area contributed by atoms with Crippen molar-refractivity contribution in [2.75, 3.05) is 23.7 Å². The summed E-state index contributed by atoms with van der Waals surface area (Å²) in [5, 5.41) is 6.62. The van der Waals surface area contributed by atoms with Gasteiger partial charge in [0.05, 0.1) is 17.4 Å². The molecule has 1 fully saturated rings. The number of hydrogen-bond donors (Lipinski definition) is 2. The van der Waals surface area contributed by atoms with Gasteiger partial charge >= 0.3 is 0 Å². The molecule has 1 atom stereocenters. The van der Waals surface area contributed by atoms with E-state index in [0.717, 1.165) is 17.4 Å². The highest BCUT2D eigenvalue weighted by Crippen LogP contribution is 2.25. The number of nitrogens with zero attached hydrogens (tertiary/aromatic N) is 4. The number of amides is 2. The smallest absolute Gasteiger partial charge is 0.282 e. The SMILES string of the molecule is C=CC(=O)Nc1nc(C(=O)N2CC[C@@H](Nc3ncc(Cl)cn3)C2)sc1C. The molecule has 0 saturated carbocycles. The van der Waals surface area contributed by atoms with E-state index in [-0.39, 0.29) is 17.9 Å². The van der Waals surface area contributed by atoms with Gasteiger partial charge in [-0.3, -0.25) is 9.59 Å². The van der Waals surface area contributed by atoms with Gasteiger partial charge in [-0.2, -0.15) is 0 Å². The standard InChI is InChI=1S/C16H17ClN6O2S/c1-3-12(24)21-13-9(2)26-14(22-13)15(25)23-5-4-11(8-23)20-16-18-6-10(17)7-19-16/h3,6-7,11H,1,4-5,8H2,2H3,(H,21,24)(H,18,19,20)/t11-/m1/s1. The molecule has 1 saturated heterocycles. The Labute approximate surface area is 159 Å². The number of carbonyl (C=O) groups is 2. The predicted octanol–water partition coefficient (Wildman–Crippen LogP) is 2.35. The van der Waals surface area contributed by atoms with Crippen LogP contribution in [0.2, 0.25) is 5.02 Å². The summed E-state index contributed by atoms with van der Waals surface area (Å²) in [6.45, 7) is 6.34. The van der Waals surface area contributed by atoms with Crippen LogP contribution >= 0.6 is 22.9 Å². The summed E-state index contributed by atoms with van der Waals surface area (Å²) < 4.78 is 0. The molecule has 10 heteroatoms. The Morgan fingerprint density at radius 3 is 2.85 bits per heavy atom. The number of aromatic nitrogens is 3.